The van der Waals surface area contributed by atoms with Crippen molar-refractivity contribution in [2.24, 2.45) is 0 Å². The van der Waals surface area contributed by atoms with E-state index in [1.54, 1.807) is 0 Å². The predicted molar refractivity (Wildman–Crippen MR) is 97.3 cm³/mol. The van der Waals surface area contributed by atoms with Gasteiger partial charge in [0.1, 0.15) is 5.75 Å². The molecule has 0 saturated carbocycles. The molecule has 0 fully saturated rings. The highest BCUT2D eigenvalue weighted by atomic mass is 16.5. The quantitative estimate of drug-likeness (QED) is 0.718. The van der Waals surface area contributed by atoms with Gasteiger partial charge < -0.3 is 15.4 Å². The number of ether oxygens (including phenoxy) is 1. The second-order valence-electron chi connectivity index (χ2n) is 5.73. The minimum Gasteiger partial charge on any atom is -0.494 e. The lowest BCUT2D eigenvalue weighted by Crippen LogP contribution is -2.37. The molecule has 2 amide bonds. The molecule has 0 aromatic heterocycles. The number of para-hydroxylation sites is 1. The van der Waals surface area contributed by atoms with Crippen LogP contribution in [0.25, 0.3) is 0 Å². The second-order valence-corrected chi connectivity index (χ2v) is 5.73. The summed E-state index contributed by atoms with van der Waals surface area (Å²) in [6.45, 7) is 5.28. The van der Waals surface area contributed by atoms with Crippen LogP contribution in [0, 0.1) is 0 Å². The largest absolute Gasteiger partial charge is 0.494 e. The number of hydrogen-bond acceptors (Lipinski definition) is 2. The average Bonchev–Trinajstić information content (AvgIpc) is 2.62. The summed E-state index contributed by atoms with van der Waals surface area (Å²) in [5.74, 6) is 0.853. The van der Waals surface area contributed by atoms with E-state index < -0.39 is 0 Å². The molecule has 0 heterocycles. The Kier molecular flexibility index (Phi) is 7.15. The molecule has 0 aliphatic rings. The van der Waals surface area contributed by atoms with Gasteiger partial charge in [-0.3, -0.25) is 0 Å². The average molecular weight is 326 g/mol. The molecule has 0 saturated heterocycles. The topological polar surface area (TPSA) is 50.4 Å². The van der Waals surface area contributed by atoms with Gasteiger partial charge in [-0.2, -0.15) is 0 Å². The second kappa shape index (κ2) is 9.60. The molecule has 4 heteroatoms. The number of hydrogen-bond donors (Lipinski definition) is 2. The van der Waals surface area contributed by atoms with Gasteiger partial charge >= 0.3 is 6.03 Å². The van der Waals surface area contributed by atoms with Gasteiger partial charge in [0.25, 0.3) is 0 Å². The van der Waals surface area contributed by atoms with Gasteiger partial charge in [0.05, 0.1) is 12.6 Å². The summed E-state index contributed by atoms with van der Waals surface area (Å²) in [6.07, 6.45) is 1.79. The molecule has 2 N–H and O–H groups in total. The van der Waals surface area contributed by atoms with Crippen molar-refractivity contribution in [3.05, 3.63) is 65.7 Å². The van der Waals surface area contributed by atoms with Crippen LogP contribution < -0.4 is 15.4 Å². The standard InChI is InChI=1S/C20H26N2O2/c1-3-17-10-12-18(13-11-17)16(2)22-20(23)21-14-7-15-24-19-8-5-4-6-9-19/h4-6,8-13,16H,3,7,14-15H2,1-2H3,(H2,21,22,23). The molecule has 24 heavy (non-hydrogen) atoms. The minimum atomic E-state index is -0.151. The Bertz CT molecular complexity index is 611. The Morgan fingerprint density at radius 3 is 2.46 bits per heavy atom. The molecule has 1 atom stereocenters. The number of rotatable bonds is 8. The van der Waals surface area contributed by atoms with Gasteiger partial charge in [-0.1, -0.05) is 49.4 Å². The Morgan fingerprint density at radius 2 is 1.79 bits per heavy atom. The minimum absolute atomic E-state index is 0.0172. The molecule has 0 spiro atoms. The molecule has 0 bridgehead atoms. The van der Waals surface area contributed by atoms with E-state index in [1.807, 2.05) is 37.3 Å². The van der Waals surface area contributed by atoms with Gasteiger partial charge in [0, 0.05) is 6.54 Å². The van der Waals surface area contributed by atoms with Crippen LogP contribution in [0.3, 0.4) is 0 Å². The van der Waals surface area contributed by atoms with Crippen LogP contribution >= 0.6 is 0 Å². The van der Waals surface area contributed by atoms with Crippen molar-refractivity contribution in [2.75, 3.05) is 13.2 Å². The summed E-state index contributed by atoms with van der Waals surface area (Å²) in [5, 5.41) is 5.81. The first-order valence-electron chi connectivity index (χ1n) is 8.50. The molecule has 0 aliphatic heterocycles. The molecule has 2 aromatic carbocycles. The van der Waals surface area contributed by atoms with Crippen LogP contribution in [0.15, 0.2) is 54.6 Å². The molecule has 0 radical (unpaired) electrons. The van der Waals surface area contributed by atoms with Crippen molar-refractivity contribution in [1.29, 1.82) is 0 Å². The Morgan fingerprint density at radius 1 is 1.08 bits per heavy atom. The van der Waals surface area contributed by atoms with Gasteiger partial charge in [-0.05, 0) is 43.0 Å². The van der Waals surface area contributed by atoms with Gasteiger partial charge in [-0.15, -0.1) is 0 Å². The summed E-state index contributed by atoms with van der Waals surface area (Å²) in [4.78, 5) is 11.9. The van der Waals surface area contributed by atoms with Crippen LogP contribution in [0.1, 0.15) is 37.4 Å². The van der Waals surface area contributed by atoms with Crippen molar-refractivity contribution in [2.45, 2.75) is 32.7 Å². The fraction of sp³-hybridized carbons (Fsp3) is 0.350. The highest BCUT2D eigenvalue weighted by molar-refractivity contribution is 5.74. The summed E-state index contributed by atoms with van der Waals surface area (Å²) < 4.78 is 5.59. The number of urea groups is 1. The lowest BCUT2D eigenvalue weighted by atomic mass is 10.1. The van der Waals surface area contributed by atoms with Crippen LogP contribution in [-0.2, 0) is 6.42 Å². The highest BCUT2D eigenvalue weighted by Gasteiger charge is 2.08. The first kappa shape index (κ1) is 17.9. The molecule has 0 aliphatic carbocycles. The Labute approximate surface area is 144 Å². The number of carbonyl (C=O) groups excluding carboxylic acids is 1. The number of aryl methyl sites for hydroxylation is 1. The Hall–Kier alpha value is -2.49. The van der Waals surface area contributed by atoms with E-state index in [-0.39, 0.29) is 12.1 Å². The zero-order valence-corrected chi connectivity index (χ0v) is 14.4. The number of amides is 2. The smallest absolute Gasteiger partial charge is 0.315 e. The fourth-order valence-corrected chi connectivity index (χ4v) is 2.35. The maximum absolute atomic E-state index is 11.9. The van der Waals surface area contributed by atoms with Crippen LogP contribution in [-0.4, -0.2) is 19.2 Å². The van der Waals surface area contributed by atoms with Crippen molar-refractivity contribution in [3.8, 4) is 5.75 Å². The Balaban J connectivity index is 1.63. The van der Waals surface area contributed by atoms with Gasteiger partial charge in [-0.25, -0.2) is 4.79 Å². The normalized spacial score (nSPS) is 11.6. The molecular weight excluding hydrogens is 300 g/mol. The van der Waals surface area contributed by atoms with Crippen molar-refractivity contribution in [3.63, 3.8) is 0 Å². The third-order valence-corrected chi connectivity index (χ3v) is 3.85. The third kappa shape index (κ3) is 5.95. The molecule has 128 valence electrons. The first-order chi connectivity index (χ1) is 11.7. The van der Waals surface area contributed by atoms with Crippen molar-refractivity contribution >= 4 is 6.03 Å². The number of carbonyl (C=O) groups is 1. The van der Waals surface area contributed by atoms with Gasteiger partial charge in [0.15, 0.2) is 0 Å². The van der Waals surface area contributed by atoms with E-state index in [4.69, 9.17) is 4.74 Å². The summed E-state index contributed by atoms with van der Waals surface area (Å²) in [7, 11) is 0. The SMILES string of the molecule is CCc1ccc(C(C)NC(=O)NCCCOc2ccccc2)cc1. The monoisotopic (exact) mass is 326 g/mol. The molecular formula is C20H26N2O2. The van der Waals surface area contributed by atoms with Crippen LogP contribution in [0.2, 0.25) is 0 Å². The van der Waals surface area contributed by atoms with E-state index in [1.165, 1.54) is 5.56 Å². The molecule has 2 aromatic rings. The number of benzene rings is 2. The third-order valence-electron chi connectivity index (χ3n) is 3.85. The summed E-state index contributed by atoms with van der Waals surface area (Å²) >= 11 is 0. The zero-order valence-electron chi connectivity index (χ0n) is 14.4. The number of nitrogens with one attached hydrogen (secondary N) is 2. The van der Waals surface area contributed by atoms with E-state index in [0.717, 1.165) is 24.2 Å². The molecule has 1 unspecified atom stereocenters. The predicted octanol–water partition coefficient (Wildman–Crippen LogP) is 4.08. The van der Waals surface area contributed by atoms with E-state index in [0.29, 0.717) is 13.2 Å². The van der Waals surface area contributed by atoms with E-state index >= 15 is 0 Å². The summed E-state index contributed by atoms with van der Waals surface area (Å²) in [5.41, 5.74) is 2.41. The van der Waals surface area contributed by atoms with Crippen molar-refractivity contribution in [1.82, 2.24) is 10.6 Å². The zero-order chi connectivity index (χ0) is 17.2. The summed E-state index contributed by atoms with van der Waals surface area (Å²) in [6, 6.07) is 17.9. The fourth-order valence-electron chi connectivity index (χ4n) is 2.35. The molecule has 4 nitrogen and oxygen atoms in total. The van der Waals surface area contributed by atoms with E-state index in [9.17, 15) is 4.79 Å². The highest BCUT2D eigenvalue weighted by Crippen LogP contribution is 2.13. The van der Waals surface area contributed by atoms with E-state index in [2.05, 4.69) is 41.8 Å². The van der Waals surface area contributed by atoms with Crippen molar-refractivity contribution < 1.29 is 9.53 Å². The van der Waals surface area contributed by atoms with Crippen LogP contribution in [0.5, 0.6) is 5.75 Å². The lowest BCUT2D eigenvalue weighted by Gasteiger charge is -2.15. The van der Waals surface area contributed by atoms with Crippen LogP contribution in [0.4, 0.5) is 4.79 Å². The molecule has 2 rings (SSSR count). The lowest BCUT2D eigenvalue weighted by molar-refractivity contribution is 0.236. The maximum atomic E-state index is 11.9. The van der Waals surface area contributed by atoms with Gasteiger partial charge in [0.2, 0.25) is 0 Å². The first-order valence-corrected chi connectivity index (χ1v) is 8.50. The maximum Gasteiger partial charge on any atom is 0.315 e.